The van der Waals surface area contributed by atoms with Gasteiger partial charge in [0, 0.05) is 18.6 Å². The topological polar surface area (TPSA) is 21.7 Å². The number of benzene rings is 4. The zero-order valence-electron chi connectivity index (χ0n) is 21.3. The Hall–Kier alpha value is -4.11. The van der Waals surface area contributed by atoms with Crippen molar-refractivity contribution in [1.29, 1.82) is 0 Å². The van der Waals surface area contributed by atoms with E-state index in [1.54, 1.807) is 6.20 Å². The Bertz CT molecular complexity index is 1500. The van der Waals surface area contributed by atoms with E-state index in [1.807, 2.05) is 76.1 Å². The average molecular weight is 670 g/mol. The van der Waals surface area contributed by atoms with Gasteiger partial charge in [-0.2, -0.15) is 24.3 Å². The zero-order chi connectivity index (χ0) is 25.5. The number of rotatable bonds is 4. The first-order valence-electron chi connectivity index (χ1n) is 12.2. The molecule has 0 unspecified atom stereocenters. The van der Waals surface area contributed by atoms with Gasteiger partial charge in [0.05, 0.1) is 5.69 Å². The molecule has 0 spiro atoms. The van der Waals surface area contributed by atoms with Crippen molar-refractivity contribution < 1.29 is 24.7 Å². The molecule has 4 aromatic carbocycles. The summed E-state index contributed by atoms with van der Waals surface area (Å²) >= 11 is 0. The monoisotopic (exact) mass is 670 g/mol. The van der Waals surface area contributed by atoms with Gasteiger partial charge in [0.15, 0.2) is 0 Å². The minimum Gasteiger partial charge on any atom is -0.321 e. The van der Waals surface area contributed by atoms with Crippen molar-refractivity contribution in [2.75, 3.05) is 0 Å². The fourth-order valence-corrected chi connectivity index (χ4v) is 4.14. The SMILES string of the molecule is Cc1cc(C)cc(-n2[c-][n+](-c3[c-]cc(-c4ccccc4)cc3)cc2)c1.[Ir+3].[c-]1ccccc1-c1ccccn1. The van der Waals surface area contributed by atoms with Gasteiger partial charge in [0.1, 0.15) is 0 Å². The van der Waals surface area contributed by atoms with E-state index in [2.05, 4.69) is 91.9 Å². The Morgan fingerprint density at radius 2 is 1.50 bits per heavy atom. The first-order chi connectivity index (χ1) is 18.2. The van der Waals surface area contributed by atoms with Crippen molar-refractivity contribution in [2.45, 2.75) is 13.8 Å². The second-order valence-corrected chi connectivity index (χ2v) is 8.80. The molecule has 0 atom stereocenters. The molecule has 0 radical (unpaired) electrons. The number of hydrogen-bond donors (Lipinski definition) is 0. The minimum absolute atomic E-state index is 0. The standard InChI is InChI=1S/C23H19N2.C11H8N.Ir/c1-18-14-19(2)16-23(15-18)25-13-12-24(17-25)22-10-8-21(9-11-22)20-6-4-3-5-7-20;1-2-6-10(7-3-1)11-8-4-5-9-12-11;/h3-10,12-16H,1-2H3;1-6,8-9H;/q2*-1;+3. The molecule has 0 aliphatic rings. The molecular formula is C34H27IrN3+. The van der Waals surface area contributed by atoms with E-state index in [1.165, 1.54) is 22.3 Å². The fourth-order valence-electron chi connectivity index (χ4n) is 4.14. The first-order valence-corrected chi connectivity index (χ1v) is 12.2. The van der Waals surface area contributed by atoms with Crippen LogP contribution in [0.25, 0.3) is 33.8 Å². The molecule has 186 valence electrons. The summed E-state index contributed by atoms with van der Waals surface area (Å²) in [5.41, 5.74) is 8.98. The average Bonchev–Trinajstić information content (AvgIpc) is 3.45. The molecule has 4 heteroatoms. The van der Waals surface area contributed by atoms with Gasteiger partial charge in [0.2, 0.25) is 0 Å². The van der Waals surface area contributed by atoms with E-state index < -0.39 is 0 Å². The van der Waals surface area contributed by atoms with Gasteiger partial charge in [-0.15, -0.1) is 41.5 Å². The molecular weight excluding hydrogens is 643 g/mol. The Labute approximate surface area is 238 Å². The van der Waals surface area contributed by atoms with E-state index in [4.69, 9.17) is 0 Å². The van der Waals surface area contributed by atoms with E-state index in [0.717, 1.165) is 22.6 Å². The van der Waals surface area contributed by atoms with Crippen molar-refractivity contribution in [2.24, 2.45) is 0 Å². The third-order valence-electron chi connectivity index (χ3n) is 5.88. The summed E-state index contributed by atoms with van der Waals surface area (Å²) in [6.07, 6.45) is 9.18. The van der Waals surface area contributed by atoms with E-state index in [9.17, 15) is 0 Å². The van der Waals surface area contributed by atoms with Gasteiger partial charge in [-0.1, -0.05) is 65.2 Å². The van der Waals surface area contributed by atoms with Crippen molar-refractivity contribution >= 4 is 0 Å². The van der Waals surface area contributed by atoms with Gasteiger partial charge >= 0.3 is 20.1 Å². The molecule has 0 aliphatic heterocycles. The Morgan fingerprint density at radius 1 is 0.737 bits per heavy atom. The molecule has 38 heavy (non-hydrogen) atoms. The van der Waals surface area contributed by atoms with Crippen LogP contribution < -0.4 is 4.57 Å². The normalized spacial score (nSPS) is 10.2. The van der Waals surface area contributed by atoms with Gasteiger partial charge in [0.25, 0.3) is 6.33 Å². The van der Waals surface area contributed by atoms with Gasteiger partial charge < -0.3 is 9.55 Å². The van der Waals surface area contributed by atoms with Crippen molar-refractivity contribution in [3.05, 3.63) is 157 Å². The second kappa shape index (κ2) is 12.9. The van der Waals surface area contributed by atoms with Crippen LogP contribution in [-0.2, 0) is 20.1 Å². The van der Waals surface area contributed by atoms with Crippen LogP contribution in [0.4, 0.5) is 0 Å². The summed E-state index contributed by atoms with van der Waals surface area (Å²) in [5.74, 6) is 0. The number of nitrogens with zero attached hydrogens (tertiary/aromatic N) is 3. The largest absolute Gasteiger partial charge is 3.00 e. The number of aryl methyl sites for hydroxylation is 2. The van der Waals surface area contributed by atoms with Crippen LogP contribution >= 0.6 is 0 Å². The molecule has 2 heterocycles. The van der Waals surface area contributed by atoms with Gasteiger partial charge in [-0.05, 0) is 43.4 Å². The summed E-state index contributed by atoms with van der Waals surface area (Å²) < 4.78 is 3.98. The quantitative estimate of drug-likeness (QED) is 0.144. The van der Waals surface area contributed by atoms with Crippen LogP contribution in [0.5, 0.6) is 0 Å². The summed E-state index contributed by atoms with van der Waals surface area (Å²) in [6.45, 7) is 4.23. The molecule has 0 saturated heterocycles. The molecule has 0 saturated carbocycles. The summed E-state index contributed by atoms with van der Waals surface area (Å²) in [4.78, 5) is 4.22. The maximum absolute atomic E-state index is 4.22. The van der Waals surface area contributed by atoms with Crippen LogP contribution in [0.2, 0.25) is 0 Å². The molecule has 0 aliphatic carbocycles. The van der Waals surface area contributed by atoms with E-state index >= 15 is 0 Å². The van der Waals surface area contributed by atoms with E-state index in [-0.39, 0.29) is 20.1 Å². The van der Waals surface area contributed by atoms with Crippen LogP contribution in [0.1, 0.15) is 11.1 Å². The van der Waals surface area contributed by atoms with Crippen molar-refractivity contribution in [3.8, 4) is 33.8 Å². The van der Waals surface area contributed by atoms with Crippen LogP contribution in [0, 0.1) is 32.3 Å². The van der Waals surface area contributed by atoms with Crippen LogP contribution in [0.15, 0.2) is 128 Å². The third kappa shape index (κ3) is 6.80. The van der Waals surface area contributed by atoms with Crippen LogP contribution in [0.3, 0.4) is 0 Å². The number of pyridine rings is 1. The Balaban J connectivity index is 0.000000218. The predicted molar refractivity (Wildman–Crippen MR) is 148 cm³/mol. The molecule has 0 N–H and O–H groups in total. The molecule has 0 amide bonds. The smallest absolute Gasteiger partial charge is 0.321 e. The predicted octanol–water partition coefficient (Wildman–Crippen LogP) is 7.18. The fraction of sp³-hybridized carbons (Fsp3) is 0.0588. The van der Waals surface area contributed by atoms with E-state index in [0.29, 0.717) is 0 Å². The number of hydrogen-bond acceptors (Lipinski definition) is 1. The zero-order valence-corrected chi connectivity index (χ0v) is 23.7. The molecule has 0 fully saturated rings. The molecule has 6 rings (SSSR count). The maximum atomic E-state index is 4.22. The number of imidazole rings is 1. The number of aromatic nitrogens is 3. The Morgan fingerprint density at radius 3 is 2.16 bits per heavy atom. The summed E-state index contributed by atoms with van der Waals surface area (Å²) in [7, 11) is 0. The van der Waals surface area contributed by atoms with Gasteiger partial charge in [-0.25, -0.2) is 0 Å². The Kier molecular flexibility index (Phi) is 9.16. The van der Waals surface area contributed by atoms with Crippen molar-refractivity contribution in [3.63, 3.8) is 0 Å². The third-order valence-corrected chi connectivity index (χ3v) is 5.88. The molecule has 6 aromatic rings. The molecule has 0 bridgehead atoms. The molecule has 3 nitrogen and oxygen atoms in total. The second-order valence-electron chi connectivity index (χ2n) is 8.80. The maximum Gasteiger partial charge on any atom is 3.00 e. The van der Waals surface area contributed by atoms with Crippen molar-refractivity contribution in [1.82, 2.24) is 9.55 Å². The molecule has 2 aromatic heterocycles. The minimum atomic E-state index is 0. The summed E-state index contributed by atoms with van der Waals surface area (Å²) in [5, 5.41) is 0. The van der Waals surface area contributed by atoms with Crippen LogP contribution in [-0.4, -0.2) is 9.55 Å². The first kappa shape index (κ1) is 26.9. The van der Waals surface area contributed by atoms with Gasteiger partial charge in [-0.3, -0.25) is 4.57 Å². The summed E-state index contributed by atoms with van der Waals surface area (Å²) in [6, 6.07) is 43.3.